The molecule has 0 bridgehead atoms. The van der Waals surface area contributed by atoms with E-state index in [9.17, 15) is 13.2 Å². The highest BCUT2D eigenvalue weighted by molar-refractivity contribution is 7.89. The molecule has 0 radical (unpaired) electrons. The van der Waals surface area contributed by atoms with E-state index in [2.05, 4.69) is 15.2 Å². The van der Waals surface area contributed by atoms with Crippen LogP contribution in [0.4, 0.5) is 11.6 Å². The molecule has 0 atom stereocenters. The van der Waals surface area contributed by atoms with E-state index in [1.54, 1.807) is 0 Å². The monoisotopic (exact) mass is 485 g/mol. The van der Waals surface area contributed by atoms with E-state index in [1.165, 1.54) is 22.5 Å². The molecular formula is C23H24ClN5O3S. The number of carbonyl (C=O) groups excluding carboxylic acids is 1. The molecule has 172 valence electrons. The van der Waals surface area contributed by atoms with Crippen molar-refractivity contribution < 1.29 is 13.2 Å². The number of hydrogen-bond acceptors (Lipinski definition) is 6. The van der Waals surface area contributed by atoms with Gasteiger partial charge in [0.25, 0.3) is 5.91 Å². The number of benzene rings is 2. The first-order valence-corrected chi connectivity index (χ1v) is 12.9. The van der Waals surface area contributed by atoms with Gasteiger partial charge in [-0.2, -0.15) is 4.31 Å². The van der Waals surface area contributed by atoms with Crippen molar-refractivity contribution in [1.82, 2.24) is 14.3 Å². The lowest BCUT2D eigenvalue weighted by molar-refractivity contribution is 0.102. The summed E-state index contributed by atoms with van der Waals surface area (Å²) >= 11 is 6.23. The third kappa shape index (κ3) is 4.28. The third-order valence-corrected chi connectivity index (χ3v) is 8.45. The second-order valence-corrected chi connectivity index (χ2v) is 10.6. The van der Waals surface area contributed by atoms with Crippen LogP contribution in [0.25, 0.3) is 11.0 Å². The molecular weight excluding hydrogens is 462 g/mol. The Morgan fingerprint density at radius 3 is 2.24 bits per heavy atom. The summed E-state index contributed by atoms with van der Waals surface area (Å²) in [5.74, 6) is 0.521. The summed E-state index contributed by atoms with van der Waals surface area (Å²) in [6.07, 6.45) is 3.74. The summed E-state index contributed by atoms with van der Waals surface area (Å²) in [5, 5.41) is 2.96. The molecule has 2 fully saturated rings. The van der Waals surface area contributed by atoms with Crippen LogP contribution in [0.15, 0.2) is 47.4 Å². The van der Waals surface area contributed by atoms with Crippen LogP contribution < -0.4 is 10.2 Å². The number of para-hydroxylation sites is 2. The van der Waals surface area contributed by atoms with Gasteiger partial charge < -0.3 is 10.2 Å². The predicted molar refractivity (Wildman–Crippen MR) is 128 cm³/mol. The fourth-order valence-corrected chi connectivity index (χ4v) is 6.33. The highest BCUT2D eigenvalue weighted by Gasteiger charge is 2.30. The normalized spacial score (nSPS) is 17.1. The van der Waals surface area contributed by atoms with Gasteiger partial charge in [0.1, 0.15) is 4.90 Å². The van der Waals surface area contributed by atoms with Gasteiger partial charge in [-0.05, 0) is 56.0 Å². The van der Waals surface area contributed by atoms with Gasteiger partial charge in [0.15, 0.2) is 11.6 Å². The number of carbonyl (C=O) groups is 1. The van der Waals surface area contributed by atoms with Crippen LogP contribution in [-0.2, 0) is 10.0 Å². The van der Waals surface area contributed by atoms with Gasteiger partial charge in [0, 0.05) is 31.7 Å². The van der Waals surface area contributed by atoms with Crippen LogP contribution in [-0.4, -0.2) is 54.8 Å². The Bertz CT molecular complexity index is 1320. The van der Waals surface area contributed by atoms with Gasteiger partial charge in [-0.25, -0.2) is 18.4 Å². The van der Waals surface area contributed by atoms with Crippen molar-refractivity contribution in [3.8, 4) is 0 Å². The van der Waals surface area contributed by atoms with Crippen molar-refractivity contribution in [3.05, 3.63) is 53.1 Å². The summed E-state index contributed by atoms with van der Waals surface area (Å²) in [4.78, 5) is 24.6. The molecule has 8 nitrogen and oxygen atoms in total. The summed E-state index contributed by atoms with van der Waals surface area (Å²) in [6.45, 7) is 2.60. The Labute approximate surface area is 197 Å². The average molecular weight is 486 g/mol. The zero-order valence-electron chi connectivity index (χ0n) is 18.0. The Morgan fingerprint density at radius 1 is 0.909 bits per heavy atom. The molecule has 1 amide bonds. The first-order valence-electron chi connectivity index (χ1n) is 11.1. The molecule has 0 unspecified atom stereocenters. The number of hydrogen-bond donors (Lipinski definition) is 1. The van der Waals surface area contributed by atoms with E-state index in [1.807, 2.05) is 24.3 Å². The van der Waals surface area contributed by atoms with Gasteiger partial charge in [0.05, 0.1) is 16.1 Å². The van der Waals surface area contributed by atoms with Crippen molar-refractivity contribution in [2.75, 3.05) is 36.4 Å². The molecule has 0 saturated carbocycles. The second kappa shape index (κ2) is 8.89. The Morgan fingerprint density at radius 2 is 1.55 bits per heavy atom. The van der Waals surface area contributed by atoms with Gasteiger partial charge in [-0.1, -0.05) is 23.7 Å². The molecule has 0 spiro atoms. The Hall–Kier alpha value is -2.75. The van der Waals surface area contributed by atoms with Crippen LogP contribution in [0.1, 0.15) is 36.0 Å². The summed E-state index contributed by atoms with van der Waals surface area (Å²) < 4.78 is 27.5. The SMILES string of the molecule is O=C(Nc1nc2ccccc2nc1N1CCCC1)c1ccc(Cl)c(S(=O)(=O)N2CCCC2)c1. The van der Waals surface area contributed by atoms with Crippen LogP contribution in [0.3, 0.4) is 0 Å². The van der Waals surface area contributed by atoms with Crippen LogP contribution >= 0.6 is 11.6 Å². The zero-order valence-corrected chi connectivity index (χ0v) is 19.6. The molecule has 2 aliphatic rings. The lowest BCUT2D eigenvalue weighted by Gasteiger charge is -2.20. The van der Waals surface area contributed by atoms with Gasteiger partial charge in [-0.3, -0.25) is 4.79 Å². The van der Waals surface area contributed by atoms with E-state index < -0.39 is 15.9 Å². The smallest absolute Gasteiger partial charge is 0.256 e. The Kier molecular flexibility index (Phi) is 5.94. The topological polar surface area (TPSA) is 95.5 Å². The molecule has 1 aromatic heterocycles. The van der Waals surface area contributed by atoms with E-state index in [-0.39, 0.29) is 15.5 Å². The maximum absolute atomic E-state index is 13.2. The minimum absolute atomic E-state index is 0.0527. The molecule has 10 heteroatoms. The minimum Gasteiger partial charge on any atom is -0.354 e. The first-order chi connectivity index (χ1) is 15.9. The molecule has 2 saturated heterocycles. The van der Waals surface area contributed by atoms with Gasteiger partial charge >= 0.3 is 0 Å². The van der Waals surface area contributed by atoms with Crippen molar-refractivity contribution in [1.29, 1.82) is 0 Å². The molecule has 3 aromatic rings. The number of rotatable bonds is 5. The lowest BCUT2D eigenvalue weighted by atomic mass is 10.2. The van der Waals surface area contributed by atoms with Crippen molar-refractivity contribution in [3.63, 3.8) is 0 Å². The summed E-state index contributed by atoms with van der Waals surface area (Å²) in [6, 6.07) is 11.8. The number of nitrogens with zero attached hydrogens (tertiary/aromatic N) is 4. The summed E-state index contributed by atoms with van der Waals surface area (Å²) in [5.41, 5.74) is 1.62. The molecule has 33 heavy (non-hydrogen) atoms. The standard InChI is InChI=1S/C23H24ClN5O3S/c24-17-10-9-16(15-20(17)33(31,32)29-13-5-6-14-29)23(30)27-21-22(28-11-3-4-12-28)26-19-8-2-1-7-18(19)25-21/h1-2,7-10,15H,3-6,11-14H2,(H,25,27,30). The molecule has 0 aliphatic carbocycles. The molecule has 5 rings (SSSR count). The maximum Gasteiger partial charge on any atom is 0.256 e. The maximum atomic E-state index is 13.2. The third-order valence-electron chi connectivity index (χ3n) is 6.07. The summed E-state index contributed by atoms with van der Waals surface area (Å²) in [7, 11) is -3.76. The fourth-order valence-electron chi connectivity index (χ4n) is 4.31. The first kappa shape index (κ1) is 22.1. The van der Waals surface area contributed by atoms with E-state index in [4.69, 9.17) is 16.6 Å². The fraction of sp³-hybridized carbons (Fsp3) is 0.348. The number of aromatic nitrogens is 2. The van der Waals surface area contributed by atoms with Crippen molar-refractivity contribution in [2.45, 2.75) is 30.6 Å². The zero-order chi connectivity index (χ0) is 23.0. The minimum atomic E-state index is -3.76. The number of sulfonamides is 1. The molecule has 2 aliphatic heterocycles. The quantitative estimate of drug-likeness (QED) is 0.588. The molecule has 1 N–H and O–H groups in total. The van der Waals surface area contributed by atoms with Crippen molar-refractivity contribution >= 4 is 50.2 Å². The number of halogens is 1. The van der Waals surface area contributed by atoms with Crippen LogP contribution in [0, 0.1) is 0 Å². The molecule has 2 aromatic carbocycles. The highest BCUT2D eigenvalue weighted by atomic mass is 35.5. The van der Waals surface area contributed by atoms with Gasteiger partial charge in [0.2, 0.25) is 10.0 Å². The number of anilines is 2. The van der Waals surface area contributed by atoms with E-state index in [0.29, 0.717) is 30.2 Å². The lowest BCUT2D eigenvalue weighted by Crippen LogP contribution is -2.28. The van der Waals surface area contributed by atoms with Crippen molar-refractivity contribution in [2.24, 2.45) is 0 Å². The van der Waals surface area contributed by atoms with E-state index >= 15 is 0 Å². The number of amides is 1. The van der Waals surface area contributed by atoms with E-state index in [0.717, 1.165) is 44.3 Å². The highest BCUT2D eigenvalue weighted by Crippen LogP contribution is 2.30. The van der Waals surface area contributed by atoms with Gasteiger partial charge in [-0.15, -0.1) is 0 Å². The Balaban J connectivity index is 1.49. The van der Waals surface area contributed by atoms with Crippen LogP contribution in [0.5, 0.6) is 0 Å². The number of nitrogens with one attached hydrogen (secondary N) is 1. The largest absolute Gasteiger partial charge is 0.354 e. The van der Waals surface area contributed by atoms with Crippen LogP contribution in [0.2, 0.25) is 5.02 Å². The second-order valence-electron chi connectivity index (χ2n) is 8.29. The average Bonchev–Trinajstić information content (AvgIpc) is 3.53. The molecule has 3 heterocycles. The number of fused-ring (bicyclic) bond motifs is 1. The predicted octanol–water partition coefficient (Wildman–Crippen LogP) is 3.92.